The van der Waals surface area contributed by atoms with E-state index in [1.165, 1.54) is 0 Å². The molecular weight excluding hydrogens is 332 g/mol. The molecule has 2 amide bonds. The van der Waals surface area contributed by atoms with Crippen LogP contribution in [0.4, 0.5) is 0 Å². The number of hydrogen-bond acceptors (Lipinski definition) is 6. The normalized spacial score (nSPS) is 11.8. The van der Waals surface area contributed by atoms with Crippen molar-refractivity contribution in [1.29, 1.82) is 0 Å². The molecule has 138 valence electrons. The van der Waals surface area contributed by atoms with Crippen LogP contribution in [-0.4, -0.2) is 58.8 Å². The van der Waals surface area contributed by atoms with Crippen molar-refractivity contribution in [3.05, 3.63) is 0 Å². The predicted molar refractivity (Wildman–Crippen MR) is 93.5 cm³/mol. The molecule has 0 aromatic heterocycles. The first-order valence-electron chi connectivity index (χ1n) is 8.18. The van der Waals surface area contributed by atoms with E-state index >= 15 is 0 Å². The lowest BCUT2D eigenvalue weighted by atomic mass is 10.2. The second-order valence-corrected chi connectivity index (χ2v) is 6.46. The standard InChI is InChI=1S/C16H28N2O5S/c1-6-13(19)17-12(16(22)18(7-2)8-3)10-24-15(21)9-14(20)23-11(4)5/h11-12H,6-10H2,1-5H3,(H,17,19). The van der Waals surface area contributed by atoms with Crippen LogP contribution in [0.15, 0.2) is 0 Å². The maximum atomic E-state index is 12.4. The highest BCUT2D eigenvalue weighted by Crippen LogP contribution is 2.11. The number of amides is 2. The highest BCUT2D eigenvalue weighted by atomic mass is 32.2. The fraction of sp³-hybridized carbons (Fsp3) is 0.750. The largest absolute Gasteiger partial charge is 0.463 e. The fourth-order valence-corrected chi connectivity index (χ4v) is 2.67. The van der Waals surface area contributed by atoms with Crippen molar-refractivity contribution in [2.75, 3.05) is 18.8 Å². The first-order valence-corrected chi connectivity index (χ1v) is 9.16. The zero-order valence-corrected chi connectivity index (χ0v) is 15.9. The van der Waals surface area contributed by atoms with Crippen molar-refractivity contribution in [1.82, 2.24) is 10.2 Å². The molecule has 0 bridgehead atoms. The molecule has 0 heterocycles. The summed E-state index contributed by atoms with van der Waals surface area (Å²) in [5.41, 5.74) is 0. The van der Waals surface area contributed by atoms with Crippen LogP contribution >= 0.6 is 11.8 Å². The Morgan fingerprint density at radius 2 is 1.67 bits per heavy atom. The average molecular weight is 360 g/mol. The fourth-order valence-electron chi connectivity index (χ4n) is 1.88. The Labute approximate surface area is 147 Å². The summed E-state index contributed by atoms with van der Waals surface area (Å²) in [4.78, 5) is 49.0. The second-order valence-electron chi connectivity index (χ2n) is 5.38. The van der Waals surface area contributed by atoms with E-state index in [1.807, 2.05) is 13.8 Å². The quantitative estimate of drug-likeness (QED) is 0.467. The van der Waals surface area contributed by atoms with Gasteiger partial charge in [-0.25, -0.2) is 0 Å². The smallest absolute Gasteiger partial charge is 0.314 e. The Balaban J connectivity index is 4.70. The van der Waals surface area contributed by atoms with Crippen molar-refractivity contribution in [2.45, 2.75) is 59.6 Å². The number of nitrogens with zero attached hydrogens (tertiary/aromatic N) is 1. The number of rotatable bonds is 10. The summed E-state index contributed by atoms with van der Waals surface area (Å²) in [5, 5.41) is 2.25. The van der Waals surface area contributed by atoms with Crippen LogP contribution in [-0.2, 0) is 23.9 Å². The third kappa shape index (κ3) is 8.90. The molecule has 0 spiro atoms. The van der Waals surface area contributed by atoms with E-state index in [0.717, 1.165) is 11.8 Å². The third-order valence-electron chi connectivity index (χ3n) is 3.10. The van der Waals surface area contributed by atoms with Gasteiger partial charge in [0.25, 0.3) is 0 Å². The van der Waals surface area contributed by atoms with Crippen molar-refractivity contribution in [3.63, 3.8) is 0 Å². The molecule has 0 rings (SSSR count). The number of hydrogen-bond donors (Lipinski definition) is 1. The zero-order valence-electron chi connectivity index (χ0n) is 15.1. The SMILES string of the molecule is CCC(=O)NC(CSC(=O)CC(=O)OC(C)C)C(=O)N(CC)CC. The van der Waals surface area contributed by atoms with E-state index in [9.17, 15) is 19.2 Å². The highest BCUT2D eigenvalue weighted by Gasteiger charge is 2.25. The van der Waals surface area contributed by atoms with Gasteiger partial charge in [0.05, 0.1) is 6.10 Å². The van der Waals surface area contributed by atoms with E-state index in [0.29, 0.717) is 13.1 Å². The Morgan fingerprint density at radius 1 is 1.08 bits per heavy atom. The Hall–Kier alpha value is -1.57. The van der Waals surface area contributed by atoms with Crippen LogP contribution in [0.1, 0.15) is 47.5 Å². The Morgan fingerprint density at radius 3 is 2.12 bits per heavy atom. The molecule has 8 heteroatoms. The van der Waals surface area contributed by atoms with Crippen LogP contribution in [0.2, 0.25) is 0 Å². The Bertz CT molecular complexity index is 450. The minimum Gasteiger partial charge on any atom is -0.463 e. The van der Waals surface area contributed by atoms with E-state index in [4.69, 9.17) is 4.74 Å². The zero-order chi connectivity index (χ0) is 18.7. The molecule has 1 unspecified atom stereocenters. The Kier molecular flexibility index (Phi) is 11.1. The van der Waals surface area contributed by atoms with Gasteiger partial charge < -0.3 is 15.0 Å². The highest BCUT2D eigenvalue weighted by molar-refractivity contribution is 8.13. The van der Waals surface area contributed by atoms with Gasteiger partial charge in [-0.05, 0) is 27.7 Å². The molecule has 0 radical (unpaired) electrons. The molecule has 0 fully saturated rings. The van der Waals surface area contributed by atoms with E-state index < -0.39 is 12.0 Å². The summed E-state index contributed by atoms with van der Waals surface area (Å²) in [7, 11) is 0. The number of nitrogens with one attached hydrogen (secondary N) is 1. The first-order chi connectivity index (χ1) is 11.2. The van der Waals surface area contributed by atoms with Crippen molar-refractivity contribution in [2.24, 2.45) is 0 Å². The minimum absolute atomic E-state index is 0.0921. The molecule has 0 aliphatic carbocycles. The van der Waals surface area contributed by atoms with Crippen LogP contribution in [0.25, 0.3) is 0 Å². The molecule has 24 heavy (non-hydrogen) atoms. The summed E-state index contributed by atoms with van der Waals surface area (Å²) in [6.07, 6.45) is -0.380. The molecular formula is C16H28N2O5S. The number of carbonyl (C=O) groups is 4. The summed E-state index contributed by atoms with van der Waals surface area (Å²) in [6.45, 7) is 9.83. The van der Waals surface area contributed by atoms with Crippen molar-refractivity contribution < 1.29 is 23.9 Å². The summed E-state index contributed by atoms with van der Waals surface area (Å²) < 4.78 is 4.91. The lowest BCUT2D eigenvalue weighted by Crippen LogP contribution is -2.50. The summed E-state index contributed by atoms with van der Waals surface area (Å²) in [5.74, 6) is -0.985. The molecule has 1 atom stereocenters. The molecule has 0 aliphatic rings. The van der Waals surface area contributed by atoms with Gasteiger partial charge in [-0.3, -0.25) is 19.2 Å². The van der Waals surface area contributed by atoms with Crippen LogP contribution < -0.4 is 5.32 Å². The van der Waals surface area contributed by atoms with Crippen LogP contribution in [0.5, 0.6) is 0 Å². The van der Waals surface area contributed by atoms with E-state index in [-0.39, 0.29) is 41.6 Å². The van der Waals surface area contributed by atoms with E-state index in [2.05, 4.69) is 5.32 Å². The first kappa shape index (κ1) is 22.4. The van der Waals surface area contributed by atoms with Gasteiger partial charge in [0.15, 0.2) is 5.12 Å². The van der Waals surface area contributed by atoms with Gasteiger partial charge in [0.2, 0.25) is 11.8 Å². The topological polar surface area (TPSA) is 92.8 Å². The molecule has 0 saturated heterocycles. The predicted octanol–water partition coefficient (Wildman–Crippen LogP) is 1.35. The number of carbonyl (C=O) groups excluding carboxylic acids is 4. The average Bonchev–Trinajstić information content (AvgIpc) is 2.51. The van der Waals surface area contributed by atoms with Gasteiger partial charge in [0.1, 0.15) is 12.5 Å². The summed E-state index contributed by atoms with van der Waals surface area (Å²) in [6, 6.07) is -0.785. The summed E-state index contributed by atoms with van der Waals surface area (Å²) >= 11 is 0.857. The molecule has 0 aliphatic heterocycles. The number of likely N-dealkylation sites (N-methyl/N-ethyl adjacent to an activating group) is 1. The maximum absolute atomic E-state index is 12.4. The molecule has 7 nitrogen and oxygen atoms in total. The third-order valence-corrected chi connectivity index (χ3v) is 4.06. The maximum Gasteiger partial charge on any atom is 0.314 e. The number of ether oxygens (including phenoxy) is 1. The monoisotopic (exact) mass is 360 g/mol. The lowest BCUT2D eigenvalue weighted by Gasteiger charge is -2.25. The molecule has 0 aromatic carbocycles. The van der Waals surface area contributed by atoms with Crippen molar-refractivity contribution in [3.8, 4) is 0 Å². The lowest BCUT2D eigenvalue weighted by molar-refractivity contribution is -0.148. The van der Waals surface area contributed by atoms with Gasteiger partial charge >= 0.3 is 5.97 Å². The van der Waals surface area contributed by atoms with Crippen LogP contribution in [0.3, 0.4) is 0 Å². The van der Waals surface area contributed by atoms with Gasteiger partial charge in [-0.2, -0.15) is 0 Å². The van der Waals surface area contributed by atoms with Crippen molar-refractivity contribution >= 4 is 34.7 Å². The van der Waals surface area contributed by atoms with Gasteiger partial charge in [0, 0.05) is 25.3 Å². The van der Waals surface area contributed by atoms with Gasteiger partial charge in [-0.1, -0.05) is 18.7 Å². The minimum atomic E-state index is -0.785. The second kappa shape index (κ2) is 11.9. The van der Waals surface area contributed by atoms with Gasteiger partial charge in [-0.15, -0.1) is 0 Å². The molecule has 0 saturated carbocycles. The van der Waals surface area contributed by atoms with Crippen LogP contribution in [0, 0.1) is 0 Å². The number of esters is 1. The molecule has 0 aromatic rings. The molecule has 1 N–H and O–H groups in total. The number of thioether (sulfide) groups is 1. The van der Waals surface area contributed by atoms with E-state index in [1.54, 1.807) is 25.7 Å².